The average Bonchev–Trinajstić information content (AvgIpc) is 2.97. The van der Waals surface area contributed by atoms with Gasteiger partial charge in [-0.25, -0.2) is 23.1 Å². The summed E-state index contributed by atoms with van der Waals surface area (Å²) in [6.07, 6.45) is 5.88. The number of rotatable bonds is 7. The summed E-state index contributed by atoms with van der Waals surface area (Å²) >= 11 is 1.82. The first kappa shape index (κ1) is 15.5. The van der Waals surface area contributed by atoms with E-state index in [1.165, 1.54) is 12.4 Å². The van der Waals surface area contributed by atoms with Gasteiger partial charge in [0.25, 0.3) is 0 Å². The molecule has 0 saturated carbocycles. The Morgan fingerprint density at radius 2 is 2.15 bits per heavy atom. The molecule has 2 rings (SSSR count). The molecule has 1 aromatic rings. The van der Waals surface area contributed by atoms with Crippen LogP contribution < -0.4 is 10.0 Å². The maximum absolute atomic E-state index is 12.1. The molecule has 2 heterocycles. The number of hydrogen-bond acceptors (Lipinski definition) is 6. The zero-order valence-corrected chi connectivity index (χ0v) is 13.1. The first-order valence-corrected chi connectivity index (χ1v) is 9.32. The summed E-state index contributed by atoms with van der Waals surface area (Å²) in [5.74, 6) is 1.57. The Kier molecular flexibility index (Phi) is 5.62. The number of nitrogens with one attached hydrogen (secondary N) is 2. The second kappa shape index (κ2) is 7.24. The predicted molar refractivity (Wildman–Crippen MR) is 81.5 cm³/mol. The average molecular weight is 316 g/mol. The maximum Gasteiger partial charge on any atom is 0.243 e. The molecule has 0 aromatic carbocycles. The van der Waals surface area contributed by atoms with Gasteiger partial charge in [-0.1, -0.05) is 6.92 Å². The molecule has 8 heteroatoms. The quantitative estimate of drug-likeness (QED) is 0.792. The molecule has 1 fully saturated rings. The van der Waals surface area contributed by atoms with E-state index >= 15 is 0 Å². The van der Waals surface area contributed by atoms with Crippen LogP contribution in [0.4, 0.5) is 5.95 Å². The van der Waals surface area contributed by atoms with Crippen LogP contribution in [-0.2, 0) is 10.0 Å². The van der Waals surface area contributed by atoms with Crippen molar-refractivity contribution in [2.45, 2.75) is 36.3 Å². The monoisotopic (exact) mass is 316 g/mol. The summed E-state index contributed by atoms with van der Waals surface area (Å²) in [5.41, 5.74) is 0. The predicted octanol–water partition coefficient (Wildman–Crippen LogP) is 1.47. The molecule has 0 aliphatic carbocycles. The first-order chi connectivity index (χ1) is 9.62. The van der Waals surface area contributed by atoms with Gasteiger partial charge in [0.2, 0.25) is 16.0 Å². The number of aromatic nitrogens is 2. The van der Waals surface area contributed by atoms with Crippen LogP contribution in [0.25, 0.3) is 0 Å². The molecule has 6 nitrogen and oxygen atoms in total. The highest BCUT2D eigenvalue weighted by molar-refractivity contribution is 8.00. The lowest BCUT2D eigenvalue weighted by Gasteiger charge is -2.10. The Hall–Kier alpha value is -0.860. The Balaban J connectivity index is 1.94. The summed E-state index contributed by atoms with van der Waals surface area (Å²) in [4.78, 5) is 8.14. The fraction of sp³-hybridized carbons (Fsp3) is 0.667. The van der Waals surface area contributed by atoms with E-state index in [2.05, 4.69) is 20.0 Å². The lowest BCUT2D eigenvalue weighted by Crippen LogP contribution is -2.30. The zero-order valence-electron chi connectivity index (χ0n) is 11.5. The minimum absolute atomic E-state index is 0.113. The number of thioether (sulfide) groups is 1. The lowest BCUT2D eigenvalue weighted by molar-refractivity contribution is 0.578. The van der Waals surface area contributed by atoms with Gasteiger partial charge >= 0.3 is 0 Å². The maximum atomic E-state index is 12.1. The van der Waals surface area contributed by atoms with E-state index in [1.807, 2.05) is 18.7 Å². The smallest absolute Gasteiger partial charge is 0.243 e. The molecule has 0 amide bonds. The summed E-state index contributed by atoms with van der Waals surface area (Å²) in [6, 6.07) is 0. The molecule has 1 aliphatic rings. The van der Waals surface area contributed by atoms with Crippen LogP contribution in [0.1, 0.15) is 26.2 Å². The van der Waals surface area contributed by atoms with Crippen molar-refractivity contribution in [2.24, 2.45) is 0 Å². The van der Waals surface area contributed by atoms with Crippen molar-refractivity contribution in [3.63, 3.8) is 0 Å². The third kappa shape index (κ3) is 4.32. The third-order valence-electron chi connectivity index (χ3n) is 3.00. The highest BCUT2D eigenvalue weighted by atomic mass is 32.2. The van der Waals surface area contributed by atoms with Crippen molar-refractivity contribution in [3.05, 3.63) is 12.4 Å². The van der Waals surface area contributed by atoms with E-state index in [-0.39, 0.29) is 4.90 Å². The molecule has 0 bridgehead atoms. The topological polar surface area (TPSA) is 84.0 Å². The Morgan fingerprint density at radius 1 is 1.40 bits per heavy atom. The summed E-state index contributed by atoms with van der Waals surface area (Å²) in [7, 11) is -3.50. The second-order valence-corrected chi connectivity index (χ2v) is 7.83. The molecule has 2 N–H and O–H groups in total. The van der Waals surface area contributed by atoms with E-state index in [0.717, 1.165) is 31.6 Å². The van der Waals surface area contributed by atoms with Crippen molar-refractivity contribution in [1.29, 1.82) is 0 Å². The molecule has 0 spiro atoms. The van der Waals surface area contributed by atoms with E-state index < -0.39 is 10.0 Å². The van der Waals surface area contributed by atoms with Crippen LogP contribution in [0.3, 0.4) is 0 Å². The van der Waals surface area contributed by atoms with E-state index in [4.69, 9.17) is 0 Å². The van der Waals surface area contributed by atoms with Gasteiger partial charge in [-0.2, -0.15) is 11.8 Å². The molecule has 1 unspecified atom stereocenters. The number of hydrogen-bond donors (Lipinski definition) is 2. The van der Waals surface area contributed by atoms with Gasteiger partial charge in [0.05, 0.1) is 12.4 Å². The fourth-order valence-electron chi connectivity index (χ4n) is 1.87. The number of nitrogens with zero attached hydrogens (tertiary/aromatic N) is 2. The van der Waals surface area contributed by atoms with Crippen LogP contribution in [0.2, 0.25) is 0 Å². The summed E-state index contributed by atoms with van der Waals surface area (Å²) in [5, 5.41) is 3.39. The van der Waals surface area contributed by atoms with Crippen molar-refractivity contribution in [3.8, 4) is 0 Å². The van der Waals surface area contributed by atoms with Gasteiger partial charge in [0.15, 0.2) is 0 Å². The third-order valence-corrected chi connectivity index (χ3v) is 5.77. The van der Waals surface area contributed by atoms with Gasteiger partial charge in [-0.15, -0.1) is 0 Å². The normalized spacial score (nSPS) is 19.1. The minimum atomic E-state index is -3.50. The van der Waals surface area contributed by atoms with Crippen LogP contribution >= 0.6 is 11.8 Å². The minimum Gasteiger partial charge on any atom is -0.354 e. The van der Waals surface area contributed by atoms with Gasteiger partial charge in [-0.3, -0.25) is 0 Å². The fourth-order valence-corrected chi connectivity index (χ4v) is 4.15. The first-order valence-electron chi connectivity index (χ1n) is 6.79. The largest absolute Gasteiger partial charge is 0.354 e. The lowest BCUT2D eigenvalue weighted by atomic mass is 10.2. The van der Waals surface area contributed by atoms with Crippen molar-refractivity contribution < 1.29 is 8.42 Å². The SMILES string of the molecule is CCCNc1ncc(S(=O)(=O)NCC2CCCS2)cn1. The zero-order chi connectivity index (χ0) is 14.4. The van der Waals surface area contributed by atoms with Crippen molar-refractivity contribution in [2.75, 3.05) is 24.2 Å². The standard InChI is InChI=1S/C12H20N4O2S2/c1-2-5-13-12-14-8-11(9-15-12)20(17,18)16-7-10-4-3-6-19-10/h8-10,16H,2-7H2,1H3,(H,13,14,15). The van der Waals surface area contributed by atoms with Gasteiger partial charge in [-0.05, 0) is 25.0 Å². The molecular formula is C12H20N4O2S2. The van der Waals surface area contributed by atoms with Gasteiger partial charge in [0, 0.05) is 18.3 Å². The van der Waals surface area contributed by atoms with E-state index in [9.17, 15) is 8.42 Å². The Morgan fingerprint density at radius 3 is 2.75 bits per heavy atom. The Labute approximate surface area is 124 Å². The molecule has 1 aliphatic heterocycles. The molecule has 1 atom stereocenters. The molecule has 20 heavy (non-hydrogen) atoms. The molecule has 0 radical (unpaired) electrons. The molecule has 112 valence electrons. The Bertz CT molecular complexity index is 513. The van der Waals surface area contributed by atoms with E-state index in [1.54, 1.807) is 0 Å². The number of sulfonamides is 1. The van der Waals surface area contributed by atoms with Crippen molar-refractivity contribution in [1.82, 2.24) is 14.7 Å². The van der Waals surface area contributed by atoms with Crippen LogP contribution in [-0.4, -0.2) is 42.5 Å². The highest BCUT2D eigenvalue weighted by Crippen LogP contribution is 2.25. The number of anilines is 1. The molecule has 1 saturated heterocycles. The van der Waals surface area contributed by atoms with Crippen molar-refractivity contribution >= 4 is 27.7 Å². The second-order valence-electron chi connectivity index (χ2n) is 4.66. The van der Waals surface area contributed by atoms with Gasteiger partial charge in [0.1, 0.15) is 4.90 Å². The molecular weight excluding hydrogens is 296 g/mol. The van der Waals surface area contributed by atoms with Crippen LogP contribution in [0.15, 0.2) is 17.3 Å². The van der Waals surface area contributed by atoms with E-state index in [0.29, 0.717) is 17.7 Å². The summed E-state index contributed by atoms with van der Waals surface area (Å²) < 4.78 is 26.8. The summed E-state index contributed by atoms with van der Waals surface area (Å²) in [6.45, 7) is 3.28. The molecule has 1 aromatic heterocycles. The highest BCUT2D eigenvalue weighted by Gasteiger charge is 2.20. The van der Waals surface area contributed by atoms with Gasteiger partial charge < -0.3 is 5.32 Å². The van der Waals surface area contributed by atoms with Crippen LogP contribution in [0.5, 0.6) is 0 Å². The van der Waals surface area contributed by atoms with Crippen LogP contribution in [0, 0.1) is 0 Å².